The summed E-state index contributed by atoms with van der Waals surface area (Å²) in [6.07, 6.45) is 16.0. The Morgan fingerprint density at radius 3 is 2.17 bits per heavy atom. The summed E-state index contributed by atoms with van der Waals surface area (Å²) in [6, 6.07) is 9.10. The van der Waals surface area contributed by atoms with Gasteiger partial charge < -0.3 is 4.84 Å². The van der Waals surface area contributed by atoms with Crippen molar-refractivity contribution in [2.75, 3.05) is 6.54 Å². The van der Waals surface area contributed by atoms with Crippen LogP contribution in [0.3, 0.4) is 0 Å². The summed E-state index contributed by atoms with van der Waals surface area (Å²) < 4.78 is 0. The predicted octanol–water partition coefficient (Wildman–Crippen LogP) is 7.06. The van der Waals surface area contributed by atoms with E-state index in [1.165, 1.54) is 82.6 Å². The molecule has 0 aromatic heterocycles. The lowest BCUT2D eigenvalue weighted by atomic mass is 9.99. The minimum atomic E-state index is 0.471. The first kappa shape index (κ1) is 19.3. The molecule has 0 spiro atoms. The maximum Gasteiger partial charge on any atom is 0.152 e. The third-order valence-electron chi connectivity index (χ3n) is 5.15. The monoisotopic (exact) mass is 331 g/mol. The summed E-state index contributed by atoms with van der Waals surface area (Å²) in [7, 11) is 0. The third kappa shape index (κ3) is 6.12. The summed E-state index contributed by atoms with van der Waals surface area (Å²) in [4.78, 5) is 6.16. The van der Waals surface area contributed by atoms with Gasteiger partial charge in [-0.05, 0) is 18.9 Å². The van der Waals surface area contributed by atoms with E-state index in [9.17, 15) is 0 Å². The van der Waals surface area contributed by atoms with Gasteiger partial charge in [-0.2, -0.15) is 0 Å². The van der Waals surface area contributed by atoms with Crippen LogP contribution in [0.1, 0.15) is 103 Å². The van der Waals surface area contributed by atoms with Crippen molar-refractivity contribution >= 4 is 0 Å². The molecule has 2 nitrogen and oxygen atoms in total. The third-order valence-corrected chi connectivity index (χ3v) is 5.15. The summed E-state index contributed by atoms with van der Waals surface area (Å²) in [6.45, 7) is 5.63. The van der Waals surface area contributed by atoms with Crippen molar-refractivity contribution in [3.8, 4) is 5.75 Å². The van der Waals surface area contributed by atoms with Crippen molar-refractivity contribution < 1.29 is 4.84 Å². The quantitative estimate of drug-likeness (QED) is 0.359. The van der Waals surface area contributed by atoms with Gasteiger partial charge in [-0.3, -0.25) is 0 Å². The van der Waals surface area contributed by atoms with E-state index in [2.05, 4.69) is 43.2 Å². The Labute approximate surface area is 149 Å². The van der Waals surface area contributed by atoms with Crippen molar-refractivity contribution in [1.82, 2.24) is 5.06 Å². The second-order valence-corrected chi connectivity index (χ2v) is 7.26. The molecular formula is C22H37NO. The summed E-state index contributed by atoms with van der Waals surface area (Å²) in [5.41, 5.74) is 1.40. The highest BCUT2D eigenvalue weighted by molar-refractivity contribution is 5.38. The van der Waals surface area contributed by atoms with Crippen LogP contribution in [0.15, 0.2) is 24.3 Å². The zero-order chi connectivity index (χ0) is 17.0. The van der Waals surface area contributed by atoms with E-state index in [0.29, 0.717) is 6.04 Å². The Morgan fingerprint density at radius 1 is 0.792 bits per heavy atom. The van der Waals surface area contributed by atoms with Crippen molar-refractivity contribution in [2.45, 2.75) is 96.9 Å². The lowest BCUT2D eigenvalue weighted by Gasteiger charge is -2.23. The van der Waals surface area contributed by atoms with E-state index in [0.717, 1.165) is 12.3 Å². The molecule has 0 saturated heterocycles. The second kappa shape index (κ2) is 11.5. The van der Waals surface area contributed by atoms with Crippen molar-refractivity contribution in [2.24, 2.45) is 0 Å². The van der Waals surface area contributed by atoms with Crippen LogP contribution in [0.2, 0.25) is 0 Å². The van der Waals surface area contributed by atoms with Crippen molar-refractivity contribution in [1.29, 1.82) is 0 Å². The van der Waals surface area contributed by atoms with E-state index in [-0.39, 0.29) is 0 Å². The molecule has 1 aliphatic heterocycles. The minimum absolute atomic E-state index is 0.471. The Hall–Kier alpha value is -1.02. The molecule has 0 radical (unpaired) electrons. The molecular weight excluding hydrogens is 294 g/mol. The van der Waals surface area contributed by atoms with Crippen LogP contribution >= 0.6 is 0 Å². The fourth-order valence-electron chi connectivity index (χ4n) is 3.67. The van der Waals surface area contributed by atoms with Crippen LogP contribution in [0.25, 0.3) is 0 Å². The summed E-state index contributed by atoms with van der Waals surface area (Å²) >= 11 is 0. The average molecular weight is 332 g/mol. The van der Waals surface area contributed by atoms with Gasteiger partial charge in [0.15, 0.2) is 5.75 Å². The second-order valence-electron chi connectivity index (χ2n) is 7.26. The molecule has 0 aliphatic carbocycles. The number of rotatable bonds is 13. The maximum atomic E-state index is 6.16. The highest BCUT2D eigenvalue weighted by Gasteiger charge is 2.31. The van der Waals surface area contributed by atoms with Crippen molar-refractivity contribution in [3.05, 3.63) is 29.8 Å². The largest absolute Gasteiger partial charge is 0.405 e. The maximum absolute atomic E-state index is 6.16. The van der Waals surface area contributed by atoms with Crippen LogP contribution in [0.4, 0.5) is 0 Å². The summed E-state index contributed by atoms with van der Waals surface area (Å²) in [5, 5.41) is 2.27. The van der Waals surface area contributed by atoms with Crippen LogP contribution < -0.4 is 4.84 Å². The first-order valence-corrected chi connectivity index (χ1v) is 10.4. The molecule has 0 amide bonds. The Balaban J connectivity index is 1.78. The molecule has 24 heavy (non-hydrogen) atoms. The van der Waals surface area contributed by atoms with Gasteiger partial charge in [0.1, 0.15) is 0 Å². The SMILES string of the molecule is CCCCCCCCN1Oc2ccccc2C1CCCCCCC. The van der Waals surface area contributed by atoms with Gasteiger partial charge in [-0.15, -0.1) is 5.06 Å². The van der Waals surface area contributed by atoms with Gasteiger partial charge in [0.2, 0.25) is 0 Å². The first-order chi connectivity index (χ1) is 11.9. The topological polar surface area (TPSA) is 12.5 Å². The number of fused-ring (bicyclic) bond motifs is 1. The highest BCUT2D eigenvalue weighted by Crippen LogP contribution is 2.40. The van der Waals surface area contributed by atoms with E-state index in [1.54, 1.807) is 0 Å². The molecule has 1 heterocycles. The van der Waals surface area contributed by atoms with Gasteiger partial charge in [0.25, 0.3) is 0 Å². The fourth-order valence-corrected chi connectivity index (χ4v) is 3.67. The Morgan fingerprint density at radius 2 is 1.42 bits per heavy atom. The molecule has 1 unspecified atom stereocenters. The Bertz CT molecular complexity index is 445. The molecule has 0 fully saturated rings. The lowest BCUT2D eigenvalue weighted by molar-refractivity contribution is -0.0749. The Kier molecular flexibility index (Phi) is 9.27. The van der Waals surface area contributed by atoms with E-state index in [1.807, 2.05) is 0 Å². The zero-order valence-electron chi connectivity index (χ0n) is 15.9. The molecule has 1 aromatic rings. The van der Waals surface area contributed by atoms with E-state index < -0.39 is 0 Å². The van der Waals surface area contributed by atoms with Gasteiger partial charge >= 0.3 is 0 Å². The molecule has 0 N–H and O–H groups in total. The highest BCUT2D eigenvalue weighted by atomic mass is 16.7. The average Bonchev–Trinajstić information content (AvgIpc) is 2.95. The van der Waals surface area contributed by atoms with Gasteiger partial charge in [0, 0.05) is 12.1 Å². The first-order valence-electron chi connectivity index (χ1n) is 10.4. The fraction of sp³-hybridized carbons (Fsp3) is 0.727. The summed E-state index contributed by atoms with van der Waals surface area (Å²) in [5.74, 6) is 1.09. The number of unbranched alkanes of at least 4 members (excludes halogenated alkanes) is 9. The number of benzene rings is 1. The zero-order valence-corrected chi connectivity index (χ0v) is 15.9. The molecule has 136 valence electrons. The van der Waals surface area contributed by atoms with Gasteiger partial charge in [0.05, 0.1) is 6.04 Å². The number of nitrogens with zero attached hydrogens (tertiary/aromatic N) is 1. The lowest BCUT2D eigenvalue weighted by Crippen LogP contribution is -2.27. The van der Waals surface area contributed by atoms with Crippen LogP contribution in [-0.2, 0) is 0 Å². The number of hydrogen-bond acceptors (Lipinski definition) is 2. The van der Waals surface area contributed by atoms with Crippen molar-refractivity contribution in [3.63, 3.8) is 0 Å². The van der Waals surface area contributed by atoms with Crippen LogP contribution in [-0.4, -0.2) is 11.6 Å². The normalized spacial score (nSPS) is 17.0. The molecule has 1 atom stereocenters. The van der Waals surface area contributed by atoms with Crippen LogP contribution in [0.5, 0.6) is 5.75 Å². The number of hydroxylamine groups is 2. The van der Waals surface area contributed by atoms with Gasteiger partial charge in [-0.25, -0.2) is 0 Å². The molecule has 1 aliphatic rings. The van der Waals surface area contributed by atoms with Gasteiger partial charge in [-0.1, -0.05) is 96.3 Å². The molecule has 1 aromatic carbocycles. The molecule has 0 saturated carbocycles. The van der Waals surface area contributed by atoms with E-state index in [4.69, 9.17) is 4.84 Å². The molecule has 0 bridgehead atoms. The smallest absolute Gasteiger partial charge is 0.152 e. The van der Waals surface area contributed by atoms with Crippen LogP contribution in [0, 0.1) is 0 Å². The molecule has 2 rings (SSSR count). The molecule has 2 heteroatoms. The standard InChI is InChI=1S/C22H37NO/c1-3-5-7-9-11-15-19-23-21(17-12-10-8-6-4-2)20-16-13-14-18-22(20)24-23/h13-14,16,18,21H,3-12,15,17,19H2,1-2H3. The van der Waals surface area contributed by atoms with E-state index >= 15 is 0 Å². The number of hydrogen-bond donors (Lipinski definition) is 0. The predicted molar refractivity (Wildman–Crippen MR) is 103 cm³/mol. The minimum Gasteiger partial charge on any atom is -0.405 e. The number of para-hydroxylation sites is 1.